The highest BCUT2D eigenvalue weighted by Gasteiger charge is 2.29. The summed E-state index contributed by atoms with van der Waals surface area (Å²) in [5, 5.41) is 3.08. The van der Waals surface area contributed by atoms with Crippen LogP contribution in [0.5, 0.6) is 0 Å². The highest BCUT2D eigenvalue weighted by Crippen LogP contribution is 2.25. The van der Waals surface area contributed by atoms with Gasteiger partial charge in [0.2, 0.25) is 10.0 Å². The third kappa shape index (κ3) is 3.83. The third-order valence-corrected chi connectivity index (χ3v) is 5.27. The highest BCUT2D eigenvalue weighted by atomic mass is 35.5. The molecule has 0 saturated carbocycles. The molecule has 4 nitrogen and oxygen atoms in total. The van der Waals surface area contributed by atoms with Gasteiger partial charge >= 0.3 is 0 Å². The summed E-state index contributed by atoms with van der Waals surface area (Å²) >= 11 is 5.80. The van der Waals surface area contributed by atoms with E-state index in [1.54, 1.807) is 0 Å². The summed E-state index contributed by atoms with van der Waals surface area (Å²) in [7, 11) is -3.94. The molecule has 0 bridgehead atoms. The molecule has 1 fully saturated rings. The Morgan fingerprint density at radius 2 is 2.15 bits per heavy atom. The number of hydrogen-bond acceptors (Lipinski definition) is 3. The first kappa shape index (κ1) is 17.7. The van der Waals surface area contributed by atoms with Gasteiger partial charge in [0.05, 0.1) is 5.02 Å². The normalized spacial score (nSPS) is 23.1. The van der Waals surface area contributed by atoms with E-state index >= 15 is 0 Å². The van der Waals surface area contributed by atoms with Crippen LogP contribution in [0.1, 0.15) is 13.3 Å². The summed E-state index contributed by atoms with van der Waals surface area (Å²) in [6.07, 6.45) is 0.673. The Morgan fingerprint density at radius 1 is 1.45 bits per heavy atom. The van der Waals surface area contributed by atoms with E-state index in [0.29, 0.717) is 6.42 Å². The number of hydrogen-bond donors (Lipinski definition) is 2. The van der Waals surface area contributed by atoms with Crippen molar-refractivity contribution in [3.05, 3.63) is 29.0 Å². The van der Waals surface area contributed by atoms with Gasteiger partial charge in [-0.15, -0.1) is 12.4 Å². The van der Waals surface area contributed by atoms with Gasteiger partial charge in [-0.3, -0.25) is 0 Å². The van der Waals surface area contributed by atoms with E-state index in [1.165, 1.54) is 12.1 Å². The van der Waals surface area contributed by atoms with Crippen molar-refractivity contribution in [2.45, 2.75) is 24.3 Å². The summed E-state index contributed by atoms with van der Waals surface area (Å²) in [5.41, 5.74) is 0. The maximum absolute atomic E-state index is 13.7. The van der Waals surface area contributed by atoms with Crippen molar-refractivity contribution in [1.82, 2.24) is 10.0 Å². The van der Waals surface area contributed by atoms with Gasteiger partial charge in [0.15, 0.2) is 0 Å². The molecule has 1 aromatic carbocycles. The summed E-state index contributed by atoms with van der Waals surface area (Å²) < 4.78 is 40.7. The molecule has 0 aromatic heterocycles. The first-order valence-corrected chi connectivity index (χ1v) is 7.95. The number of halogens is 3. The lowest BCUT2D eigenvalue weighted by Crippen LogP contribution is -2.48. The van der Waals surface area contributed by atoms with Crippen LogP contribution in [0.4, 0.5) is 4.39 Å². The standard InChI is InChI=1S/C12H16ClFN2O2S.ClH/c1-8-7-15-6-5-11(8)16-19(17,18)12-9(13)3-2-4-10(12)14;/h2-4,8,11,15-16H,5-7H2,1H3;1H. The molecule has 1 aliphatic rings. The molecule has 2 unspecified atom stereocenters. The number of benzene rings is 1. The lowest BCUT2D eigenvalue weighted by molar-refractivity contribution is 0.327. The molecule has 1 aromatic rings. The fourth-order valence-electron chi connectivity index (χ4n) is 2.19. The van der Waals surface area contributed by atoms with Crippen molar-refractivity contribution in [3.8, 4) is 0 Å². The fourth-order valence-corrected chi connectivity index (χ4v) is 4.17. The Hall–Kier alpha value is -0.400. The zero-order valence-corrected chi connectivity index (χ0v) is 13.3. The largest absolute Gasteiger partial charge is 0.316 e. The zero-order valence-electron chi connectivity index (χ0n) is 10.9. The van der Waals surface area contributed by atoms with Crippen LogP contribution in [0.15, 0.2) is 23.1 Å². The molecule has 2 atom stereocenters. The van der Waals surface area contributed by atoms with Crippen LogP contribution in [0, 0.1) is 11.7 Å². The van der Waals surface area contributed by atoms with Gasteiger partial charge in [-0.05, 0) is 37.6 Å². The number of sulfonamides is 1. The van der Waals surface area contributed by atoms with Gasteiger partial charge in [-0.2, -0.15) is 0 Å². The molecular weight excluding hydrogens is 326 g/mol. The van der Waals surface area contributed by atoms with E-state index in [-0.39, 0.29) is 29.4 Å². The van der Waals surface area contributed by atoms with Crippen LogP contribution in [0.3, 0.4) is 0 Å². The van der Waals surface area contributed by atoms with E-state index in [2.05, 4.69) is 10.0 Å². The predicted molar refractivity (Wildman–Crippen MR) is 79.4 cm³/mol. The Bertz CT molecular complexity index is 548. The topological polar surface area (TPSA) is 58.2 Å². The average molecular weight is 343 g/mol. The Balaban J connectivity index is 0.00000200. The molecule has 0 spiro atoms. The summed E-state index contributed by atoms with van der Waals surface area (Å²) in [5.74, 6) is -0.685. The first-order chi connectivity index (χ1) is 8.92. The van der Waals surface area contributed by atoms with Crippen LogP contribution in [0.2, 0.25) is 5.02 Å². The van der Waals surface area contributed by atoms with Gasteiger partial charge in [-0.1, -0.05) is 24.6 Å². The summed E-state index contributed by atoms with van der Waals surface area (Å²) in [6, 6.07) is 3.63. The second-order valence-corrected chi connectivity index (χ2v) is 6.81. The van der Waals surface area contributed by atoms with Crippen LogP contribution >= 0.6 is 24.0 Å². The monoisotopic (exact) mass is 342 g/mol. The van der Waals surface area contributed by atoms with Crippen LogP contribution in [-0.2, 0) is 10.0 Å². The molecule has 1 heterocycles. The lowest BCUT2D eigenvalue weighted by atomic mass is 9.97. The molecule has 20 heavy (non-hydrogen) atoms. The second kappa shape index (κ2) is 7.04. The van der Waals surface area contributed by atoms with E-state index < -0.39 is 20.7 Å². The lowest BCUT2D eigenvalue weighted by Gasteiger charge is -2.30. The quantitative estimate of drug-likeness (QED) is 0.885. The highest BCUT2D eigenvalue weighted by molar-refractivity contribution is 7.89. The first-order valence-electron chi connectivity index (χ1n) is 6.09. The summed E-state index contributed by atoms with van der Waals surface area (Å²) in [6.45, 7) is 3.42. The molecule has 1 saturated heterocycles. The Morgan fingerprint density at radius 3 is 2.75 bits per heavy atom. The van der Waals surface area contributed by atoms with Crippen molar-refractivity contribution in [3.63, 3.8) is 0 Å². The zero-order chi connectivity index (χ0) is 14.0. The molecule has 1 aliphatic heterocycles. The van der Waals surface area contributed by atoms with Gasteiger partial charge < -0.3 is 5.32 Å². The third-order valence-electron chi connectivity index (χ3n) is 3.28. The van der Waals surface area contributed by atoms with Crippen molar-refractivity contribution in [2.24, 2.45) is 5.92 Å². The number of nitrogens with one attached hydrogen (secondary N) is 2. The van der Waals surface area contributed by atoms with E-state index in [4.69, 9.17) is 11.6 Å². The minimum absolute atomic E-state index is 0. The molecule has 0 amide bonds. The molecule has 2 rings (SSSR count). The Labute approximate surface area is 129 Å². The molecule has 2 N–H and O–H groups in total. The summed E-state index contributed by atoms with van der Waals surface area (Å²) in [4.78, 5) is -0.470. The van der Waals surface area contributed by atoms with Crippen LogP contribution < -0.4 is 10.0 Å². The Kier molecular flexibility index (Phi) is 6.22. The van der Waals surface area contributed by atoms with Crippen molar-refractivity contribution in [2.75, 3.05) is 13.1 Å². The van der Waals surface area contributed by atoms with Crippen LogP contribution in [-0.4, -0.2) is 27.5 Å². The maximum Gasteiger partial charge on any atom is 0.245 e. The SMILES string of the molecule is CC1CNCCC1NS(=O)(=O)c1c(F)cccc1Cl.Cl. The van der Waals surface area contributed by atoms with Gasteiger partial charge in [0, 0.05) is 6.04 Å². The van der Waals surface area contributed by atoms with Gasteiger partial charge in [0.25, 0.3) is 0 Å². The van der Waals surface area contributed by atoms with E-state index in [1.807, 2.05) is 6.92 Å². The van der Waals surface area contributed by atoms with Crippen molar-refractivity contribution >= 4 is 34.0 Å². The number of piperidine rings is 1. The molecular formula is C12H17Cl2FN2O2S. The smallest absolute Gasteiger partial charge is 0.245 e. The average Bonchev–Trinajstić information content (AvgIpc) is 2.31. The van der Waals surface area contributed by atoms with E-state index in [9.17, 15) is 12.8 Å². The van der Waals surface area contributed by atoms with E-state index in [0.717, 1.165) is 19.2 Å². The molecule has 0 aliphatic carbocycles. The predicted octanol–water partition coefficient (Wildman–Crippen LogP) is 2.18. The minimum atomic E-state index is -3.94. The molecule has 0 radical (unpaired) electrons. The molecule has 114 valence electrons. The van der Waals surface area contributed by atoms with Crippen LogP contribution in [0.25, 0.3) is 0 Å². The van der Waals surface area contributed by atoms with Crippen molar-refractivity contribution in [1.29, 1.82) is 0 Å². The fraction of sp³-hybridized carbons (Fsp3) is 0.500. The maximum atomic E-state index is 13.7. The van der Waals surface area contributed by atoms with Crippen molar-refractivity contribution < 1.29 is 12.8 Å². The van der Waals surface area contributed by atoms with Gasteiger partial charge in [0.1, 0.15) is 10.7 Å². The minimum Gasteiger partial charge on any atom is -0.316 e. The molecule has 8 heteroatoms. The van der Waals surface area contributed by atoms with Gasteiger partial charge in [-0.25, -0.2) is 17.5 Å². The second-order valence-electron chi connectivity index (χ2n) is 4.75. The number of rotatable bonds is 3.